The minimum absolute atomic E-state index is 0.0347. The summed E-state index contributed by atoms with van der Waals surface area (Å²) in [5.74, 6) is -0.866. The number of ether oxygens (including phenoxy) is 1. The molecular formula is C11H13BrO4. The van der Waals surface area contributed by atoms with E-state index < -0.39 is 11.9 Å². The molecule has 1 aromatic carbocycles. The summed E-state index contributed by atoms with van der Waals surface area (Å²) in [5.41, 5.74) is 0.586. The third kappa shape index (κ3) is 2.66. The molecular weight excluding hydrogens is 276 g/mol. The van der Waals surface area contributed by atoms with Crippen LogP contribution in [0.5, 0.6) is 11.5 Å². The highest BCUT2D eigenvalue weighted by atomic mass is 79.9. The van der Waals surface area contributed by atoms with E-state index in [1.54, 1.807) is 19.1 Å². The number of rotatable bonds is 4. The first-order chi connectivity index (χ1) is 7.47. The summed E-state index contributed by atoms with van der Waals surface area (Å²) in [4.78, 5) is 10.7. The summed E-state index contributed by atoms with van der Waals surface area (Å²) in [7, 11) is 1.50. The maximum absolute atomic E-state index is 10.7. The van der Waals surface area contributed by atoms with Crippen LogP contribution in [0.3, 0.4) is 0 Å². The largest absolute Gasteiger partial charge is 0.506 e. The Labute approximate surface area is 102 Å². The Kier molecular flexibility index (Phi) is 4.18. The van der Waals surface area contributed by atoms with Crippen molar-refractivity contribution in [1.29, 1.82) is 0 Å². The molecule has 0 heterocycles. The molecule has 0 fully saturated rings. The standard InChI is InChI=1S/C11H13BrO4/c1-6(11(14)15)5-7-3-4-8(16-2)9(12)10(7)13/h3-4,6,13H,5H2,1-2H3,(H,14,15). The zero-order valence-corrected chi connectivity index (χ0v) is 10.6. The summed E-state index contributed by atoms with van der Waals surface area (Å²) in [6.07, 6.45) is 0.282. The van der Waals surface area contributed by atoms with E-state index in [1.165, 1.54) is 7.11 Å². The van der Waals surface area contributed by atoms with Crippen molar-refractivity contribution in [3.05, 3.63) is 22.2 Å². The molecule has 0 aliphatic rings. The number of phenolic OH excluding ortho intramolecular Hbond substituents is 1. The fraction of sp³-hybridized carbons (Fsp3) is 0.364. The molecule has 0 spiro atoms. The molecule has 0 aliphatic carbocycles. The van der Waals surface area contributed by atoms with Gasteiger partial charge in [0.1, 0.15) is 16.0 Å². The lowest BCUT2D eigenvalue weighted by Crippen LogP contribution is -2.12. The van der Waals surface area contributed by atoms with Gasteiger partial charge in [-0.3, -0.25) is 4.79 Å². The molecule has 0 saturated carbocycles. The van der Waals surface area contributed by atoms with E-state index in [9.17, 15) is 9.90 Å². The predicted octanol–water partition coefficient (Wildman–Crippen LogP) is 2.43. The number of carboxylic acid groups (broad SMARTS) is 1. The van der Waals surface area contributed by atoms with Gasteiger partial charge in [0.25, 0.3) is 0 Å². The maximum Gasteiger partial charge on any atom is 0.306 e. The number of hydrogen-bond acceptors (Lipinski definition) is 3. The van der Waals surface area contributed by atoms with E-state index in [4.69, 9.17) is 9.84 Å². The number of aromatic hydroxyl groups is 1. The third-order valence-electron chi connectivity index (χ3n) is 2.33. The summed E-state index contributed by atoms with van der Waals surface area (Å²) in [6, 6.07) is 3.35. The number of phenols is 1. The maximum atomic E-state index is 10.7. The van der Waals surface area contributed by atoms with E-state index in [0.717, 1.165) is 0 Å². The van der Waals surface area contributed by atoms with Crippen LogP contribution < -0.4 is 4.74 Å². The van der Waals surface area contributed by atoms with Gasteiger partial charge >= 0.3 is 5.97 Å². The van der Waals surface area contributed by atoms with Gasteiger partial charge in [-0.15, -0.1) is 0 Å². The van der Waals surface area contributed by atoms with Crippen LogP contribution in [-0.4, -0.2) is 23.3 Å². The number of halogens is 1. The average molecular weight is 289 g/mol. The minimum atomic E-state index is -0.883. The summed E-state index contributed by atoms with van der Waals surface area (Å²) >= 11 is 3.20. The van der Waals surface area contributed by atoms with Crippen LogP contribution in [0.15, 0.2) is 16.6 Å². The fourth-order valence-electron chi connectivity index (χ4n) is 1.33. The zero-order chi connectivity index (χ0) is 12.3. The van der Waals surface area contributed by atoms with E-state index >= 15 is 0 Å². The molecule has 1 unspecified atom stereocenters. The Morgan fingerprint density at radius 2 is 2.19 bits per heavy atom. The third-order valence-corrected chi connectivity index (χ3v) is 3.10. The molecule has 1 rings (SSSR count). The van der Waals surface area contributed by atoms with Crippen LogP contribution in [0, 0.1) is 5.92 Å². The van der Waals surface area contributed by atoms with Crippen LogP contribution in [0.25, 0.3) is 0 Å². The van der Waals surface area contributed by atoms with Crippen LogP contribution in [-0.2, 0) is 11.2 Å². The van der Waals surface area contributed by atoms with Crippen molar-refractivity contribution in [3.63, 3.8) is 0 Å². The molecule has 16 heavy (non-hydrogen) atoms. The highest BCUT2D eigenvalue weighted by Gasteiger charge is 2.17. The van der Waals surface area contributed by atoms with Gasteiger partial charge < -0.3 is 14.9 Å². The van der Waals surface area contributed by atoms with Crippen LogP contribution in [0.4, 0.5) is 0 Å². The first-order valence-electron chi connectivity index (χ1n) is 4.74. The van der Waals surface area contributed by atoms with E-state index in [0.29, 0.717) is 15.8 Å². The predicted molar refractivity (Wildman–Crippen MR) is 62.9 cm³/mol. The lowest BCUT2D eigenvalue weighted by molar-refractivity contribution is -0.141. The Hall–Kier alpha value is -1.23. The lowest BCUT2D eigenvalue weighted by Gasteiger charge is -2.11. The van der Waals surface area contributed by atoms with Gasteiger partial charge in [0.2, 0.25) is 0 Å². The van der Waals surface area contributed by atoms with Crippen LogP contribution in [0.2, 0.25) is 0 Å². The number of carbonyl (C=O) groups is 1. The topological polar surface area (TPSA) is 66.8 Å². The Bertz CT molecular complexity index is 403. The van der Waals surface area contributed by atoms with Crippen molar-refractivity contribution >= 4 is 21.9 Å². The molecule has 5 heteroatoms. The average Bonchev–Trinajstić information content (AvgIpc) is 2.25. The van der Waals surface area contributed by atoms with Crippen molar-refractivity contribution in [2.75, 3.05) is 7.11 Å². The molecule has 0 aromatic heterocycles. The fourth-order valence-corrected chi connectivity index (χ4v) is 1.87. The molecule has 0 amide bonds. The second kappa shape index (κ2) is 5.21. The quantitative estimate of drug-likeness (QED) is 0.893. The van der Waals surface area contributed by atoms with E-state index in [1.807, 2.05) is 0 Å². The normalized spacial score (nSPS) is 12.2. The van der Waals surface area contributed by atoms with Crippen molar-refractivity contribution < 1.29 is 19.7 Å². The van der Waals surface area contributed by atoms with Gasteiger partial charge in [0.05, 0.1) is 13.0 Å². The van der Waals surface area contributed by atoms with E-state index in [-0.39, 0.29) is 12.2 Å². The monoisotopic (exact) mass is 288 g/mol. The summed E-state index contributed by atoms with van der Waals surface area (Å²) in [5, 5.41) is 18.6. The van der Waals surface area contributed by atoms with Crippen LogP contribution >= 0.6 is 15.9 Å². The Balaban J connectivity index is 2.99. The summed E-state index contributed by atoms with van der Waals surface area (Å²) < 4.78 is 5.46. The van der Waals surface area contributed by atoms with Gasteiger partial charge in [-0.2, -0.15) is 0 Å². The van der Waals surface area contributed by atoms with E-state index in [2.05, 4.69) is 15.9 Å². The molecule has 2 N–H and O–H groups in total. The Morgan fingerprint density at radius 3 is 2.69 bits per heavy atom. The molecule has 0 aliphatic heterocycles. The SMILES string of the molecule is COc1ccc(CC(C)C(=O)O)c(O)c1Br. The number of hydrogen-bond donors (Lipinski definition) is 2. The van der Waals surface area contributed by atoms with Gasteiger partial charge in [-0.05, 0) is 34.0 Å². The molecule has 0 saturated heterocycles. The van der Waals surface area contributed by atoms with Crippen molar-refractivity contribution in [2.24, 2.45) is 5.92 Å². The van der Waals surface area contributed by atoms with Crippen molar-refractivity contribution in [3.8, 4) is 11.5 Å². The molecule has 1 atom stereocenters. The molecule has 0 radical (unpaired) electrons. The van der Waals surface area contributed by atoms with Crippen molar-refractivity contribution in [1.82, 2.24) is 0 Å². The summed E-state index contributed by atoms with van der Waals surface area (Å²) in [6.45, 7) is 1.60. The first-order valence-corrected chi connectivity index (χ1v) is 5.53. The molecule has 1 aromatic rings. The molecule has 0 bridgehead atoms. The smallest absolute Gasteiger partial charge is 0.306 e. The highest BCUT2D eigenvalue weighted by molar-refractivity contribution is 9.10. The Morgan fingerprint density at radius 1 is 1.56 bits per heavy atom. The van der Waals surface area contributed by atoms with Gasteiger partial charge in [-0.1, -0.05) is 13.0 Å². The van der Waals surface area contributed by atoms with Crippen molar-refractivity contribution in [2.45, 2.75) is 13.3 Å². The number of benzene rings is 1. The second-order valence-corrected chi connectivity index (χ2v) is 4.33. The zero-order valence-electron chi connectivity index (χ0n) is 9.03. The second-order valence-electron chi connectivity index (χ2n) is 3.53. The molecule has 88 valence electrons. The van der Waals surface area contributed by atoms with Crippen LogP contribution in [0.1, 0.15) is 12.5 Å². The number of aliphatic carboxylic acids is 1. The lowest BCUT2D eigenvalue weighted by atomic mass is 10.0. The minimum Gasteiger partial charge on any atom is -0.506 e. The van der Waals surface area contributed by atoms with Gasteiger partial charge in [-0.25, -0.2) is 0 Å². The number of methoxy groups -OCH3 is 1. The van der Waals surface area contributed by atoms with Gasteiger partial charge in [0, 0.05) is 0 Å². The van der Waals surface area contributed by atoms with Gasteiger partial charge in [0.15, 0.2) is 0 Å². The highest BCUT2D eigenvalue weighted by Crippen LogP contribution is 2.37. The molecule has 4 nitrogen and oxygen atoms in total. The number of carboxylic acids is 1. The first kappa shape index (κ1) is 12.8.